The molecule has 0 bridgehead atoms. The van der Waals surface area contributed by atoms with E-state index in [1.54, 1.807) is 16.0 Å². The molecular formula is C34H40N8O2S. The third kappa shape index (κ3) is 7.49. The van der Waals surface area contributed by atoms with E-state index < -0.39 is 0 Å². The molecule has 0 saturated carbocycles. The van der Waals surface area contributed by atoms with Gasteiger partial charge in [0.25, 0.3) is 0 Å². The first kappa shape index (κ1) is 31.6. The molecular weight excluding hydrogens is 584 g/mol. The lowest BCUT2D eigenvalue weighted by atomic mass is 10.2. The number of carbonyl (C=O) groups is 1. The van der Waals surface area contributed by atoms with Gasteiger partial charge in [-0.2, -0.15) is 0 Å². The van der Waals surface area contributed by atoms with Crippen LogP contribution in [0.3, 0.4) is 0 Å². The standard InChI is InChI=1S/C34H40N8O2S/c1-5-8-19-36-34-41(22-24-15-11-9-12-16-24)28-21-29(44-26(6-2)7-3)27(20-30(28)45-34)38-39-31-32(35)42(25-17-13-10-14-18-25)40-33(31)37-23(4)43/h9-18,20-21,26H,5-8,19,22,35H2,1-4H3,(H,37,40,43). The van der Waals surface area contributed by atoms with Crippen LogP contribution in [0, 0.1) is 0 Å². The Balaban J connectivity index is 1.65. The quantitative estimate of drug-likeness (QED) is 0.101. The fourth-order valence-corrected chi connectivity index (χ4v) is 5.98. The van der Waals surface area contributed by atoms with Gasteiger partial charge in [-0.1, -0.05) is 87.1 Å². The van der Waals surface area contributed by atoms with Gasteiger partial charge in [0.15, 0.2) is 22.1 Å². The number of azo groups is 1. The van der Waals surface area contributed by atoms with Gasteiger partial charge in [-0.3, -0.25) is 9.79 Å². The van der Waals surface area contributed by atoms with Crippen molar-refractivity contribution in [1.82, 2.24) is 14.3 Å². The van der Waals surface area contributed by atoms with Gasteiger partial charge >= 0.3 is 0 Å². The number of rotatable bonds is 13. The maximum atomic E-state index is 12.0. The number of amides is 1. The number of anilines is 2. The lowest BCUT2D eigenvalue weighted by molar-refractivity contribution is -0.114. The lowest BCUT2D eigenvalue weighted by Crippen LogP contribution is -2.17. The minimum Gasteiger partial charge on any atom is -0.488 e. The predicted octanol–water partition coefficient (Wildman–Crippen LogP) is 8.16. The molecule has 10 nitrogen and oxygen atoms in total. The number of nitrogens with one attached hydrogen (secondary N) is 1. The van der Waals surface area contributed by atoms with Crippen molar-refractivity contribution in [3.8, 4) is 11.4 Å². The van der Waals surface area contributed by atoms with Crippen molar-refractivity contribution in [3.05, 3.63) is 83.2 Å². The summed E-state index contributed by atoms with van der Waals surface area (Å²) in [5.74, 6) is 0.815. The first-order valence-electron chi connectivity index (χ1n) is 15.4. The molecule has 0 aliphatic rings. The average Bonchev–Trinajstić information content (AvgIpc) is 3.54. The molecule has 0 aliphatic carbocycles. The molecule has 5 aromatic rings. The van der Waals surface area contributed by atoms with Crippen molar-refractivity contribution >= 4 is 50.5 Å². The highest BCUT2D eigenvalue weighted by molar-refractivity contribution is 7.16. The zero-order valence-corrected chi connectivity index (χ0v) is 27.1. The topological polar surface area (TPSA) is 124 Å². The van der Waals surface area contributed by atoms with Gasteiger partial charge in [0, 0.05) is 19.5 Å². The molecule has 11 heteroatoms. The summed E-state index contributed by atoms with van der Waals surface area (Å²) in [7, 11) is 0. The molecule has 0 saturated heterocycles. The number of ether oxygens (including phenoxy) is 1. The molecule has 3 aromatic carbocycles. The number of nitrogens with zero attached hydrogens (tertiary/aromatic N) is 6. The fourth-order valence-electron chi connectivity index (χ4n) is 4.91. The number of hydrogen-bond donors (Lipinski definition) is 2. The van der Waals surface area contributed by atoms with E-state index in [0.29, 0.717) is 18.0 Å². The Bertz CT molecular complexity index is 1840. The summed E-state index contributed by atoms with van der Waals surface area (Å²) in [5, 5.41) is 16.5. The van der Waals surface area contributed by atoms with E-state index >= 15 is 0 Å². The van der Waals surface area contributed by atoms with Gasteiger partial charge in [-0.15, -0.1) is 15.3 Å². The Labute approximate surface area is 267 Å². The molecule has 234 valence electrons. The van der Waals surface area contributed by atoms with Crippen molar-refractivity contribution in [2.75, 3.05) is 17.6 Å². The summed E-state index contributed by atoms with van der Waals surface area (Å²) in [6, 6.07) is 23.9. The number of nitrogen functional groups attached to an aromatic ring is 1. The summed E-state index contributed by atoms with van der Waals surface area (Å²) in [4.78, 5) is 18.0. The van der Waals surface area contributed by atoms with Crippen LogP contribution in [0.25, 0.3) is 15.9 Å². The number of carbonyl (C=O) groups excluding carboxylic acids is 1. The number of fused-ring (bicyclic) bond motifs is 1. The highest BCUT2D eigenvalue weighted by Gasteiger charge is 2.20. The number of nitrogens with two attached hydrogens (primary N) is 1. The van der Waals surface area contributed by atoms with Gasteiger partial charge in [0.2, 0.25) is 5.91 Å². The molecule has 0 unspecified atom stereocenters. The highest BCUT2D eigenvalue weighted by Crippen LogP contribution is 2.39. The largest absolute Gasteiger partial charge is 0.488 e. The lowest BCUT2D eigenvalue weighted by Gasteiger charge is -2.17. The molecule has 2 heterocycles. The Hall–Kier alpha value is -4.77. The molecule has 0 radical (unpaired) electrons. The smallest absolute Gasteiger partial charge is 0.222 e. The molecule has 3 N–H and O–H groups in total. The Morgan fingerprint density at radius 2 is 1.73 bits per heavy atom. The second kappa shape index (κ2) is 14.8. The van der Waals surface area contributed by atoms with E-state index in [2.05, 4.69) is 70.2 Å². The van der Waals surface area contributed by atoms with Crippen LogP contribution in [0.5, 0.6) is 5.75 Å². The first-order valence-corrected chi connectivity index (χ1v) is 16.2. The number of thiazole rings is 1. The molecule has 0 atom stereocenters. The summed E-state index contributed by atoms with van der Waals surface area (Å²) in [6.07, 6.45) is 3.80. The summed E-state index contributed by atoms with van der Waals surface area (Å²) in [5.41, 5.74) is 10.3. The Morgan fingerprint density at radius 1 is 1.02 bits per heavy atom. The SMILES string of the molecule is CCCCN=c1sc2cc(N=Nc3c(NC(C)=O)nn(-c4ccccc4)c3N)c(OC(CC)CC)cc2n1Cc1ccccc1. The average molecular weight is 625 g/mol. The first-order chi connectivity index (χ1) is 21.9. The van der Waals surface area contributed by atoms with E-state index in [9.17, 15) is 4.79 Å². The van der Waals surface area contributed by atoms with E-state index in [1.807, 2.05) is 48.5 Å². The highest BCUT2D eigenvalue weighted by atomic mass is 32.1. The maximum Gasteiger partial charge on any atom is 0.222 e. The normalized spacial score (nSPS) is 12.1. The molecule has 1 amide bonds. The van der Waals surface area contributed by atoms with Crippen molar-refractivity contribution < 1.29 is 9.53 Å². The molecule has 45 heavy (non-hydrogen) atoms. The summed E-state index contributed by atoms with van der Waals surface area (Å²) >= 11 is 1.63. The minimum absolute atomic E-state index is 0.00663. The van der Waals surface area contributed by atoms with Crippen molar-refractivity contribution in [3.63, 3.8) is 0 Å². The second-order valence-corrected chi connectivity index (χ2v) is 11.8. The number of para-hydroxylation sites is 1. The van der Waals surface area contributed by atoms with Crippen LogP contribution in [0.4, 0.5) is 23.0 Å². The van der Waals surface area contributed by atoms with Crippen LogP contribution in [-0.2, 0) is 11.3 Å². The van der Waals surface area contributed by atoms with E-state index in [-0.39, 0.29) is 29.3 Å². The van der Waals surface area contributed by atoms with E-state index in [1.165, 1.54) is 12.5 Å². The van der Waals surface area contributed by atoms with Crippen LogP contribution in [-0.4, -0.2) is 32.9 Å². The van der Waals surface area contributed by atoms with Gasteiger partial charge in [-0.05, 0) is 43.0 Å². The minimum atomic E-state index is -0.288. The third-order valence-corrected chi connectivity index (χ3v) is 8.44. The Kier molecular flexibility index (Phi) is 10.4. The Morgan fingerprint density at radius 3 is 2.40 bits per heavy atom. The second-order valence-electron chi connectivity index (χ2n) is 10.7. The van der Waals surface area contributed by atoms with Gasteiger partial charge in [-0.25, -0.2) is 4.68 Å². The van der Waals surface area contributed by atoms with Crippen LogP contribution in [0.2, 0.25) is 0 Å². The summed E-state index contributed by atoms with van der Waals surface area (Å²) < 4.78 is 11.3. The molecule has 0 aliphatic heterocycles. The van der Waals surface area contributed by atoms with Crippen molar-refractivity contribution in [2.45, 2.75) is 66.0 Å². The number of benzene rings is 3. The van der Waals surface area contributed by atoms with Crippen LogP contribution >= 0.6 is 11.3 Å². The molecule has 0 spiro atoms. The zero-order valence-electron chi connectivity index (χ0n) is 26.2. The monoisotopic (exact) mass is 624 g/mol. The number of aromatic nitrogens is 3. The fraction of sp³-hybridized carbons (Fsp3) is 0.324. The van der Waals surface area contributed by atoms with Crippen LogP contribution in [0.1, 0.15) is 58.9 Å². The molecule has 2 aromatic heterocycles. The van der Waals surface area contributed by atoms with E-state index in [4.69, 9.17) is 15.5 Å². The number of unbranched alkanes of at least 4 members (excludes halogenated alkanes) is 1. The number of hydrogen-bond acceptors (Lipinski definition) is 8. The predicted molar refractivity (Wildman–Crippen MR) is 182 cm³/mol. The van der Waals surface area contributed by atoms with Gasteiger partial charge < -0.3 is 20.4 Å². The zero-order chi connectivity index (χ0) is 31.8. The van der Waals surface area contributed by atoms with E-state index in [0.717, 1.165) is 52.9 Å². The van der Waals surface area contributed by atoms with Crippen molar-refractivity contribution in [2.24, 2.45) is 15.2 Å². The van der Waals surface area contributed by atoms with Gasteiger partial charge in [0.05, 0.1) is 28.6 Å². The van der Waals surface area contributed by atoms with Crippen molar-refractivity contribution in [1.29, 1.82) is 0 Å². The maximum absolute atomic E-state index is 12.0. The summed E-state index contributed by atoms with van der Waals surface area (Å²) in [6.45, 7) is 9.25. The molecule has 0 fully saturated rings. The molecule has 5 rings (SSSR count). The third-order valence-electron chi connectivity index (χ3n) is 7.36. The van der Waals surface area contributed by atoms with Crippen LogP contribution in [0.15, 0.2) is 88.0 Å². The van der Waals surface area contributed by atoms with Crippen LogP contribution < -0.4 is 20.6 Å². The van der Waals surface area contributed by atoms with Gasteiger partial charge in [0.1, 0.15) is 11.4 Å².